The lowest BCUT2D eigenvalue weighted by Gasteiger charge is -2.20. The predicted octanol–water partition coefficient (Wildman–Crippen LogP) is 7.04. The number of hydrogen-bond donors (Lipinski definition) is 0. The van der Waals surface area contributed by atoms with Gasteiger partial charge in [0.2, 0.25) is 0 Å². The molecule has 0 heterocycles. The first-order valence-electron chi connectivity index (χ1n) is 13.5. The minimum Gasteiger partial charge on any atom is -0.311 e. The monoisotopic (exact) mass is 544 g/mol. The van der Waals surface area contributed by atoms with Gasteiger partial charge < -0.3 is 9.80 Å². The van der Waals surface area contributed by atoms with Crippen molar-refractivity contribution in [1.29, 1.82) is 0 Å². The van der Waals surface area contributed by atoms with Gasteiger partial charge in [-0.05, 0) is 91.0 Å². The first-order valence-corrected chi connectivity index (χ1v) is 13.5. The first-order chi connectivity index (χ1) is 20.5. The van der Waals surface area contributed by atoms with Crippen molar-refractivity contribution < 1.29 is 9.59 Å². The van der Waals surface area contributed by atoms with Crippen LogP contribution in [0, 0.1) is 23.7 Å². The van der Waals surface area contributed by atoms with Crippen LogP contribution in [0.3, 0.4) is 0 Å². The molecule has 5 rings (SSSR count). The molecule has 0 saturated carbocycles. The molecule has 4 nitrogen and oxygen atoms in total. The molecule has 0 spiro atoms. The molecule has 0 fully saturated rings. The van der Waals surface area contributed by atoms with Crippen LogP contribution in [-0.4, -0.2) is 25.9 Å². The van der Waals surface area contributed by atoms with E-state index in [1.54, 1.807) is 48.2 Å². The molecule has 0 aliphatic rings. The fourth-order valence-corrected chi connectivity index (χ4v) is 4.28. The number of amides is 2. The zero-order valence-electron chi connectivity index (χ0n) is 23.4. The Bertz CT molecular complexity index is 1690. The molecule has 5 aromatic carbocycles. The van der Waals surface area contributed by atoms with Gasteiger partial charge in [0.15, 0.2) is 0 Å². The quantitative estimate of drug-likeness (QED) is 0.228. The van der Waals surface area contributed by atoms with E-state index in [0.717, 1.165) is 33.6 Å². The fourth-order valence-electron chi connectivity index (χ4n) is 4.28. The standard InChI is InChI=1S/C38H28N2O2/c1-39(35-24-20-31(21-25-35)18-16-29-10-5-3-6-11-29)37(41)33-14-9-15-34(28-33)38(42)40(2)36-26-22-32(23-27-36)19-17-30-12-7-4-8-13-30/h3-15,20-28H,1-2H3. The zero-order chi connectivity index (χ0) is 29.3. The maximum absolute atomic E-state index is 13.3. The van der Waals surface area contributed by atoms with Gasteiger partial charge in [0, 0.05) is 58.9 Å². The van der Waals surface area contributed by atoms with Gasteiger partial charge in [-0.1, -0.05) is 66.1 Å². The molecule has 0 radical (unpaired) electrons. The van der Waals surface area contributed by atoms with E-state index in [0.29, 0.717) is 11.1 Å². The van der Waals surface area contributed by atoms with Gasteiger partial charge in [0.25, 0.3) is 11.8 Å². The molecule has 42 heavy (non-hydrogen) atoms. The van der Waals surface area contributed by atoms with Gasteiger partial charge >= 0.3 is 0 Å². The summed E-state index contributed by atoms with van der Waals surface area (Å²) in [5.41, 5.74) is 5.92. The molecule has 4 heteroatoms. The largest absolute Gasteiger partial charge is 0.311 e. The maximum Gasteiger partial charge on any atom is 0.258 e. The Morgan fingerprint density at radius 2 is 0.762 bits per heavy atom. The lowest BCUT2D eigenvalue weighted by Crippen LogP contribution is -2.28. The molecule has 0 saturated heterocycles. The van der Waals surface area contributed by atoms with Gasteiger partial charge in [-0.3, -0.25) is 9.59 Å². The lowest BCUT2D eigenvalue weighted by atomic mass is 10.1. The highest BCUT2D eigenvalue weighted by Gasteiger charge is 2.18. The third-order valence-corrected chi connectivity index (χ3v) is 6.72. The summed E-state index contributed by atoms with van der Waals surface area (Å²) in [4.78, 5) is 29.8. The number of carbonyl (C=O) groups is 2. The van der Waals surface area contributed by atoms with E-state index >= 15 is 0 Å². The summed E-state index contributed by atoms with van der Waals surface area (Å²) in [5, 5.41) is 0. The van der Waals surface area contributed by atoms with Crippen molar-refractivity contribution >= 4 is 23.2 Å². The van der Waals surface area contributed by atoms with E-state index in [2.05, 4.69) is 23.7 Å². The third kappa shape index (κ3) is 6.83. The Kier molecular flexibility index (Phi) is 8.58. The number of benzene rings is 5. The minimum absolute atomic E-state index is 0.211. The Morgan fingerprint density at radius 3 is 1.12 bits per heavy atom. The summed E-state index contributed by atoms with van der Waals surface area (Å²) in [6.45, 7) is 0. The van der Waals surface area contributed by atoms with Crippen LogP contribution in [0.15, 0.2) is 133 Å². The second kappa shape index (κ2) is 13.0. The summed E-state index contributed by atoms with van der Waals surface area (Å²) < 4.78 is 0. The number of carbonyl (C=O) groups excluding carboxylic acids is 2. The molecular weight excluding hydrogens is 516 g/mol. The number of anilines is 2. The van der Waals surface area contributed by atoms with Crippen LogP contribution in [0.5, 0.6) is 0 Å². The zero-order valence-corrected chi connectivity index (χ0v) is 23.4. The molecular formula is C38H28N2O2. The third-order valence-electron chi connectivity index (χ3n) is 6.72. The Labute approximate surface area is 246 Å². The highest BCUT2D eigenvalue weighted by molar-refractivity contribution is 6.10. The van der Waals surface area contributed by atoms with E-state index in [1.165, 1.54) is 0 Å². The molecule has 0 bridgehead atoms. The first kappa shape index (κ1) is 27.7. The second-order valence-electron chi connectivity index (χ2n) is 9.63. The van der Waals surface area contributed by atoms with Gasteiger partial charge in [-0.25, -0.2) is 0 Å². The van der Waals surface area contributed by atoms with Crippen molar-refractivity contribution in [2.45, 2.75) is 0 Å². The highest BCUT2D eigenvalue weighted by atomic mass is 16.2. The van der Waals surface area contributed by atoms with Crippen LogP contribution >= 0.6 is 0 Å². The Balaban J connectivity index is 1.25. The van der Waals surface area contributed by atoms with Crippen LogP contribution < -0.4 is 9.80 Å². The van der Waals surface area contributed by atoms with Gasteiger partial charge in [-0.15, -0.1) is 0 Å². The van der Waals surface area contributed by atoms with Gasteiger partial charge in [-0.2, -0.15) is 0 Å². The lowest BCUT2D eigenvalue weighted by molar-refractivity contribution is 0.0992. The van der Waals surface area contributed by atoms with Crippen LogP contribution in [-0.2, 0) is 0 Å². The number of rotatable bonds is 4. The fraction of sp³-hybridized carbons (Fsp3) is 0.0526. The number of nitrogens with zero attached hydrogens (tertiary/aromatic N) is 2. The van der Waals surface area contributed by atoms with Crippen molar-refractivity contribution in [1.82, 2.24) is 0 Å². The van der Waals surface area contributed by atoms with E-state index in [-0.39, 0.29) is 11.8 Å². The average molecular weight is 545 g/mol. The van der Waals surface area contributed by atoms with E-state index in [9.17, 15) is 9.59 Å². The normalized spacial score (nSPS) is 9.95. The smallest absolute Gasteiger partial charge is 0.258 e. The van der Waals surface area contributed by atoms with Crippen LogP contribution in [0.2, 0.25) is 0 Å². The van der Waals surface area contributed by atoms with Gasteiger partial charge in [0.1, 0.15) is 0 Å². The van der Waals surface area contributed by atoms with Gasteiger partial charge in [0.05, 0.1) is 0 Å². The molecule has 0 N–H and O–H groups in total. The molecule has 0 atom stereocenters. The summed E-state index contributed by atoms with van der Waals surface area (Å²) >= 11 is 0. The van der Waals surface area contributed by atoms with E-state index in [1.807, 2.05) is 109 Å². The molecule has 2 amide bonds. The summed E-state index contributed by atoms with van der Waals surface area (Å²) in [6.07, 6.45) is 0. The van der Waals surface area contributed by atoms with E-state index < -0.39 is 0 Å². The van der Waals surface area contributed by atoms with Crippen molar-refractivity contribution in [3.8, 4) is 23.7 Å². The second-order valence-corrected chi connectivity index (χ2v) is 9.63. The Morgan fingerprint density at radius 1 is 0.429 bits per heavy atom. The summed E-state index contributed by atoms with van der Waals surface area (Å²) in [7, 11) is 3.44. The maximum atomic E-state index is 13.3. The molecule has 0 unspecified atom stereocenters. The molecule has 202 valence electrons. The van der Waals surface area contributed by atoms with Crippen molar-refractivity contribution in [3.05, 3.63) is 167 Å². The molecule has 0 aliphatic heterocycles. The minimum atomic E-state index is -0.211. The highest BCUT2D eigenvalue weighted by Crippen LogP contribution is 2.20. The molecule has 0 aliphatic carbocycles. The summed E-state index contributed by atoms with van der Waals surface area (Å²) in [5.74, 6) is 12.1. The molecule has 5 aromatic rings. The van der Waals surface area contributed by atoms with Crippen molar-refractivity contribution in [2.75, 3.05) is 23.9 Å². The number of hydrogen-bond acceptors (Lipinski definition) is 2. The Hall–Kier alpha value is -5.84. The van der Waals surface area contributed by atoms with Crippen LogP contribution in [0.4, 0.5) is 11.4 Å². The van der Waals surface area contributed by atoms with Crippen molar-refractivity contribution in [2.24, 2.45) is 0 Å². The van der Waals surface area contributed by atoms with Crippen molar-refractivity contribution in [3.63, 3.8) is 0 Å². The van der Waals surface area contributed by atoms with Crippen LogP contribution in [0.1, 0.15) is 43.0 Å². The summed E-state index contributed by atoms with van der Waals surface area (Å²) in [6, 6.07) is 41.4. The molecule has 0 aromatic heterocycles. The average Bonchev–Trinajstić information content (AvgIpc) is 3.06. The predicted molar refractivity (Wildman–Crippen MR) is 170 cm³/mol. The topological polar surface area (TPSA) is 40.6 Å². The van der Waals surface area contributed by atoms with Crippen LogP contribution in [0.25, 0.3) is 0 Å². The van der Waals surface area contributed by atoms with E-state index in [4.69, 9.17) is 0 Å². The SMILES string of the molecule is CN(C(=O)c1cccc(C(=O)N(C)c2ccc(C#Cc3ccccc3)cc2)c1)c1ccc(C#Cc2ccccc2)cc1.